The molecule has 0 aliphatic heterocycles. The Morgan fingerprint density at radius 2 is 1.86 bits per heavy atom. The van der Waals surface area contributed by atoms with Gasteiger partial charge in [0.05, 0.1) is 16.1 Å². The van der Waals surface area contributed by atoms with Gasteiger partial charge in [0.1, 0.15) is 0 Å². The Bertz CT molecular complexity index is 916. The number of fused-ring (bicyclic) bond motifs is 1. The lowest BCUT2D eigenvalue weighted by molar-refractivity contribution is -0.117. The van der Waals surface area contributed by atoms with Crippen LogP contribution in [0, 0.1) is 19.3 Å². The van der Waals surface area contributed by atoms with E-state index in [9.17, 15) is 4.79 Å². The summed E-state index contributed by atoms with van der Waals surface area (Å²) in [6, 6.07) is 8.06. The number of hydrogen-bond donors (Lipinski definition) is 2. The van der Waals surface area contributed by atoms with Crippen LogP contribution in [0.4, 0.5) is 11.4 Å². The van der Waals surface area contributed by atoms with Crippen LogP contribution in [0.5, 0.6) is 0 Å². The summed E-state index contributed by atoms with van der Waals surface area (Å²) in [5.41, 5.74) is 6.80. The maximum absolute atomic E-state index is 12.5. The zero-order valence-corrected chi connectivity index (χ0v) is 18.7. The fourth-order valence-electron chi connectivity index (χ4n) is 3.94. The Labute approximate surface area is 177 Å². The summed E-state index contributed by atoms with van der Waals surface area (Å²) in [4.78, 5) is 12.5. The highest BCUT2D eigenvalue weighted by atomic mass is 35.5. The van der Waals surface area contributed by atoms with Gasteiger partial charge in [-0.2, -0.15) is 0 Å². The number of benzene rings is 2. The topological polar surface area (TPSA) is 41.1 Å². The predicted molar refractivity (Wildman–Crippen MR) is 120 cm³/mol. The van der Waals surface area contributed by atoms with Crippen LogP contribution in [0.3, 0.4) is 0 Å². The highest BCUT2D eigenvalue weighted by molar-refractivity contribution is 6.42. The number of carbonyl (C=O) groups is 1. The fourth-order valence-corrected chi connectivity index (χ4v) is 4.24. The SMILES string of the molecule is Cc1cc2c(c(C)c1NC(=O)CC(C)(C)C)CCC2Nc1ccc(Cl)c(Cl)c1. The number of carbonyl (C=O) groups excluding carboxylic acids is 1. The van der Waals surface area contributed by atoms with Crippen molar-refractivity contribution in [3.8, 4) is 0 Å². The molecule has 2 aromatic carbocycles. The molecule has 3 nitrogen and oxygen atoms in total. The molecule has 1 aliphatic rings. The molecule has 2 N–H and O–H groups in total. The molecule has 1 amide bonds. The van der Waals surface area contributed by atoms with Gasteiger partial charge >= 0.3 is 0 Å². The minimum Gasteiger partial charge on any atom is -0.378 e. The molecule has 0 spiro atoms. The lowest BCUT2D eigenvalue weighted by Gasteiger charge is -2.21. The van der Waals surface area contributed by atoms with Gasteiger partial charge in [0, 0.05) is 17.8 Å². The molecule has 28 heavy (non-hydrogen) atoms. The quantitative estimate of drug-likeness (QED) is 0.556. The Kier molecular flexibility index (Phi) is 5.97. The molecule has 1 aliphatic carbocycles. The van der Waals surface area contributed by atoms with E-state index in [0.717, 1.165) is 29.8 Å². The highest BCUT2D eigenvalue weighted by Crippen LogP contribution is 2.40. The van der Waals surface area contributed by atoms with Crippen molar-refractivity contribution < 1.29 is 4.79 Å². The second kappa shape index (κ2) is 7.96. The van der Waals surface area contributed by atoms with Crippen molar-refractivity contribution in [2.45, 2.75) is 59.9 Å². The number of rotatable bonds is 4. The minimum absolute atomic E-state index is 0.0303. The van der Waals surface area contributed by atoms with Gasteiger partial charge in [-0.3, -0.25) is 4.79 Å². The molecule has 0 radical (unpaired) electrons. The minimum atomic E-state index is -0.0303. The van der Waals surface area contributed by atoms with Crippen molar-refractivity contribution in [1.29, 1.82) is 0 Å². The molecular weight excluding hydrogens is 391 g/mol. The summed E-state index contributed by atoms with van der Waals surface area (Å²) in [5, 5.41) is 7.84. The van der Waals surface area contributed by atoms with E-state index in [1.54, 1.807) is 0 Å². The molecule has 0 saturated heterocycles. The third-order valence-electron chi connectivity index (χ3n) is 5.22. The van der Waals surface area contributed by atoms with Crippen molar-refractivity contribution in [3.05, 3.63) is 56.6 Å². The Morgan fingerprint density at radius 1 is 1.14 bits per heavy atom. The predicted octanol–water partition coefficient (Wildman–Crippen LogP) is 7.08. The summed E-state index contributed by atoms with van der Waals surface area (Å²) in [6.45, 7) is 10.4. The summed E-state index contributed by atoms with van der Waals surface area (Å²) >= 11 is 12.2. The van der Waals surface area contributed by atoms with Gasteiger partial charge < -0.3 is 10.6 Å². The van der Waals surface area contributed by atoms with E-state index in [1.807, 2.05) is 18.2 Å². The van der Waals surface area contributed by atoms with Crippen molar-refractivity contribution >= 4 is 40.5 Å². The smallest absolute Gasteiger partial charge is 0.224 e. The first-order valence-electron chi connectivity index (χ1n) is 9.69. The lowest BCUT2D eigenvalue weighted by atomic mass is 9.91. The molecule has 3 rings (SSSR count). The average molecular weight is 419 g/mol. The van der Waals surface area contributed by atoms with Crippen LogP contribution in [0.2, 0.25) is 10.0 Å². The van der Waals surface area contributed by atoms with Crippen LogP contribution in [0.1, 0.15) is 61.9 Å². The van der Waals surface area contributed by atoms with E-state index < -0.39 is 0 Å². The van der Waals surface area contributed by atoms with Crippen molar-refractivity contribution in [1.82, 2.24) is 0 Å². The van der Waals surface area contributed by atoms with Crippen molar-refractivity contribution in [2.75, 3.05) is 10.6 Å². The molecule has 1 atom stereocenters. The molecule has 150 valence electrons. The van der Waals surface area contributed by atoms with Gasteiger partial charge in [-0.15, -0.1) is 0 Å². The molecule has 0 saturated carbocycles. The van der Waals surface area contributed by atoms with Gasteiger partial charge in [-0.25, -0.2) is 0 Å². The van der Waals surface area contributed by atoms with E-state index in [2.05, 4.69) is 51.3 Å². The molecular formula is C23H28Cl2N2O. The largest absolute Gasteiger partial charge is 0.378 e. The maximum Gasteiger partial charge on any atom is 0.224 e. The normalized spacial score (nSPS) is 16.0. The second-order valence-electron chi connectivity index (χ2n) is 8.91. The number of anilines is 2. The zero-order valence-electron chi connectivity index (χ0n) is 17.2. The van der Waals surface area contributed by atoms with E-state index in [0.29, 0.717) is 16.5 Å². The average Bonchev–Trinajstić information content (AvgIpc) is 2.96. The fraction of sp³-hybridized carbons (Fsp3) is 0.435. The molecule has 0 heterocycles. The summed E-state index contributed by atoms with van der Waals surface area (Å²) in [7, 11) is 0. The molecule has 2 aromatic rings. The molecule has 0 bridgehead atoms. The first kappa shape index (κ1) is 21.0. The Morgan fingerprint density at radius 3 is 2.50 bits per heavy atom. The van der Waals surface area contributed by atoms with Crippen molar-refractivity contribution in [2.24, 2.45) is 5.41 Å². The molecule has 0 aromatic heterocycles. The number of nitrogens with one attached hydrogen (secondary N) is 2. The summed E-state index contributed by atoms with van der Waals surface area (Å²) in [6.07, 6.45) is 2.50. The third-order valence-corrected chi connectivity index (χ3v) is 5.96. The van der Waals surface area contributed by atoms with Crippen LogP contribution < -0.4 is 10.6 Å². The van der Waals surface area contributed by atoms with Gasteiger partial charge in [0.2, 0.25) is 5.91 Å². The monoisotopic (exact) mass is 418 g/mol. The number of amides is 1. The molecule has 0 fully saturated rings. The van der Waals surface area contributed by atoms with Crippen LogP contribution >= 0.6 is 23.2 Å². The molecule has 1 unspecified atom stereocenters. The number of aryl methyl sites for hydroxylation is 1. The van der Waals surface area contributed by atoms with Crippen LogP contribution in [-0.4, -0.2) is 5.91 Å². The zero-order chi connectivity index (χ0) is 20.6. The van der Waals surface area contributed by atoms with E-state index >= 15 is 0 Å². The standard InChI is InChI=1S/C23H28Cl2N2O/c1-13-10-17-16(14(2)22(13)27-21(28)12-23(3,4)5)7-9-20(17)26-15-6-8-18(24)19(25)11-15/h6,8,10-11,20,26H,7,9,12H2,1-5H3,(H,27,28). The van der Waals surface area contributed by atoms with Crippen LogP contribution in [0.25, 0.3) is 0 Å². The number of halogens is 2. The second-order valence-corrected chi connectivity index (χ2v) is 9.73. The first-order chi connectivity index (χ1) is 13.0. The lowest BCUT2D eigenvalue weighted by Crippen LogP contribution is -2.21. The number of hydrogen-bond acceptors (Lipinski definition) is 2. The van der Waals surface area contributed by atoms with E-state index in [-0.39, 0.29) is 17.4 Å². The van der Waals surface area contributed by atoms with Crippen LogP contribution in [0.15, 0.2) is 24.3 Å². The van der Waals surface area contributed by atoms with Gasteiger partial charge in [-0.1, -0.05) is 50.0 Å². The van der Waals surface area contributed by atoms with Gasteiger partial charge in [-0.05, 0) is 72.6 Å². The Balaban J connectivity index is 1.84. The summed E-state index contributed by atoms with van der Waals surface area (Å²) in [5.74, 6) is 0.0714. The molecule has 5 heteroatoms. The van der Waals surface area contributed by atoms with Gasteiger partial charge in [0.25, 0.3) is 0 Å². The maximum atomic E-state index is 12.5. The van der Waals surface area contributed by atoms with E-state index in [1.165, 1.54) is 16.7 Å². The Hall–Kier alpha value is -1.71. The first-order valence-corrected chi connectivity index (χ1v) is 10.4. The van der Waals surface area contributed by atoms with E-state index in [4.69, 9.17) is 23.2 Å². The third kappa shape index (κ3) is 4.64. The van der Waals surface area contributed by atoms with Crippen molar-refractivity contribution in [3.63, 3.8) is 0 Å². The highest BCUT2D eigenvalue weighted by Gasteiger charge is 2.27. The van der Waals surface area contributed by atoms with Crippen LogP contribution in [-0.2, 0) is 11.2 Å². The summed E-state index contributed by atoms with van der Waals surface area (Å²) < 4.78 is 0. The van der Waals surface area contributed by atoms with Gasteiger partial charge in [0.15, 0.2) is 0 Å².